The predicted molar refractivity (Wildman–Crippen MR) is 53.6 cm³/mol. The van der Waals surface area contributed by atoms with Crippen molar-refractivity contribution in [2.75, 3.05) is 19.6 Å². The molecule has 1 heterocycles. The third-order valence-corrected chi connectivity index (χ3v) is 2.68. The molecule has 76 valence electrons. The van der Waals surface area contributed by atoms with Crippen LogP contribution in [0.2, 0.25) is 0 Å². The molecule has 0 aromatic heterocycles. The molecule has 3 nitrogen and oxygen atoms in total. The molecule has 1 aliphatic heterocycles. The first-order valence-electron chi connectivity index (χ1n) is 5.23. The van der Waals surface area contributed by atoms with Gasteiger partial charge in [-0.1, -0.05) is 6.42 Å². The van der Waals surface area contributed by atoms with Gasteiger partial charge in [0.1, 0.15) is 0 Å². The average Bonchev–Trinajstić information content (AvgIpc) is 2.15. The Morgan fingerprint density at radius 3 is 2.77 bits per heavy atom. The molecule has 0 radical (unpaired) electrons. The largest absolute Gasteiger partial charge is 0.342 e. The fraction of sp³-hybridized carbons (Fsp3) is 0.900. The molecule has 0 unspecified atom stereocenters. The summed E-state index contributed by atoms with van der Waals surface area (Å²) in [5.74, 6) is 0.190. The summed E-state index contributed by atoms with van der Waals surface area (Å²) in [5, 5.41) is 3.44. The van der Waals surface area contributed by atoms with Crippen LogP contribution in [0.1, 0.15) is 33.1 Å². The highest BCUT2D eigenvalue weighted by Crippen LogP contribution is 2.08. The lowest BCUT2D eigenvalue weighted by atomic mass is 10.0. The Kier molecular flexibility index (Phi) is 4.22. The highest BCUT2D eigenvalue weighted by atomic mass is 16.2. The average molecular weight is 184 g/mol. The molecule has 0 saturated carbocycles. The number of likely N-dealkylation sites (N-methyl/N-ethyl adjacent to an activating group) is 1. The molecule has 0 bridgehead atoms. The molecule has 13 heavy (non-hydrogen) atoms. The Morgan fingerprint density at radius 2 is 2.31 bits per heavy atom. The Labute approximate surface area is 80.5 Å². The standard InChI is InChI=1S/C10H20N2O/c1-3-12(9(2)13)8-10-6-4-5-7-11-10/h10-11H,3-8H2,1-2H3/t10-/m0/s1. The molecule has 1 N–H and O–H groups in total. The lowest BCUT2D eigenvalue weighted by Gasteiger charge is -2.29. The van der Waals surface area contributed by atoms with Gasteiger partial charge >= 0.3 is 0 Å². The van der Waals surface area contributed by atoms with Crippen LogP contribution in [-0.4, -0.2) is 36.5 Å². The van der Waals surface area contributed by atoms with Crippen molar-refractivity contribution < 1.29 is 4.79 Å². The van der Waals surface area contributed by atoms with Gasteiger partial charge in [-0.15, -0.1) is 0 Å². The summed E-state index contributed by atoms with van der Waals surface area (Å²) in [4.78, 5) is 13.1. The van der Waals surface area contributed by atoms with Gasteiger partial charge < -0.3 is 10.2 Å². The van der Waals surface area contributed by atoms with Gasteiger partial charge in [-0.25, -0.2) is 0 Å². The van der Waals surface area contributed by atoms with Crippen LogP contribution in [0.4, 0.5) is 0 Å². The molecule has 1 saturated heterocycles. The second kappa shape index (κ2) is 5.22. The van der Waals surface area contributed by atoms with Crippen LogP contribution >= 0.6 is 0 Å². The van der Waals surface area contributed by atoms with Crippen molar-refractivity contribution in [3.8, 4) is 0 Å². The van der Waals surface area contributed by atoms with Crippen LogP contribution in [0.25, 0.3) is 0 Å². The number of nitrogens with zero attached hydrogens (tertiary/aromatic N) is 1. The molecule has 1 fully saturated rings. The maximum atomic E-state index is 11.1. The fourth-order valence-corrected chi connectivity index (χ4v) is 1.83. The highest BCUT2D eigenvalue weighted by Gasteiger charge is 2.16. The highest BCUT2D eigenvalue weighted by molar-refractivity contribution is 5.73. The van der Waals surface area contributed by atoms with E-state index in [1.54, 1.807) is 6.92 Å². The number of hydrogen-bond acceptors (Lipinski definition) is 2. The van der Waals surface area contributed by atoms with E-state index in [4.69, 9.17) is 0 Å². The molecule has 1 rings (SSSR count). The number of amides is 1. The number of carbonyl (C=O) groups is 1. The smallest absolute Gasteiger partial charge is 0.219 e. The first kappa shape index (κ1) is 10.5. The zero-order chi connectivity index (χ0) is 9.68. The maximum absolute atomic E-state index is 11.1. The third kappa shape index (κ3) is 3.35. The van der Waals surface area contributed by atoms with Crippen LogP contribution in [0, 0.1) is 0 Å². The molecular weight excluding hydrogens is 164 g/mol. The fourth-order valence-electron chi connectivity index (χ4n) is 1.83. The summed E-state index contributed by atoms with van der Waals surface area (Å²) in [6.45, 7) is 6.50. The number of rotatable bonds is 3. The van der Waals surface area contributed by atoms with Crippen molar-refractivity contribution in [1.82, 2.24) is 10.2 Å². The second-order valence-electron chi connectivity index (χ2n) is 3.70. The van der Waals surface area contributed by atoms with Gasteiger partial charge in [-0.2, -0.15) is 0 Å². The van der Waals surface area contributed by atoms with Gasteiger partial charge in [0.05, 0.1) is 0 Å². The molecule has 3 heteroatoms. The van der Waals surface area contributed by atoms with Gasteiger partial charge in [0, 0.05) is 26.1 Å². The minimum Gasteiger partial charge on any atom is -0.342 e. The van der Waals surface area contributed by atoms with Crippen LogP contribution in [0.15, 0.2) is 0 Å². The molecule has 0 aromatic rings. The van der Waals surface area contributed by atoms with Crippen LogP contribution in [0.3, 0.4) is 0 Å². The van der Waals surface area contributed by atoms with E-state index in [0.717, 1.165) is 19.6 Å². The molecule has 1 atom stereocenters. The van der Waals surface area contributed by atoms with Crippen molar-refractivity contribution in [3.05, 3.63) is 0 Å². The lowest BCUT2D eigenvalue weighted by molar-refractivity contribution is -0.129. The monoisotopic (exact) mass is 184 g/mol. The topological polar surface area (TPSA) is 32.3 Å². The normalized spacial score (nSPS) is 22.8. The third-order valence-electron chi connectivity index (χ3n) is 2.68. The summed E-state index contributed by atoms with van der Waals surface area (Å²) in [5.41, 5.74) is 0. The summed E-state index contributed by atoms with van der Waals surface area (Å²) >= 11 is 0. The van der Waals surface area contributed by atoms with Gasteiger partial charge in [-0.05, 0) is 26.3 Å². The van der Waals surface area contributed by atoms with E-state index >= 15 is 0 Å². The van der Waals surface area contributed by atoms with Gasteiger partial charge in [0.25, 0.3) is 0 Å². The summed E-state index contributed by atoms with van der Waals surface area (Å²) in [6.07, 6.45) is 3.79. The summed E-state index contributed by atoms with van der Waals surface area (Å²) < 4.78 is 0. The second-order valence-corrected chi connectivity index (χ2v) is 3.70. The van der Waals surface area contributed by atoms with Gasteiger partial charge in [-0.3, -0.25) is 4.79 Å². The van der Waals surface area contributed by atoms with Crippen molar-refractivity contribution in [2.24, 2.45) is 0 Å². The Morgan fingerprint density at radius 1 is 1.54 bits per heavy atom. The number of carbonyl (C=O) groups excluding carboxylic acids is 1. The SMILES string of the molecule is CCN(C[C@@H]1CCCCN1)C(C)=O. The van der Waals surface area contributed by atoms with Crippen molar-refractivity contribution >= 4 is 5.91 Å². The molecule has 0 spiro atoms. The van der Waals surface area contributed by atoms with Crippen LogP contribution in [0.5, 0.6) is 0 Å². The van der Waals surface area contributed by atoms with Crippen LogP contribution in [-0.2, 0) is 4.79 Å². The quantitative estimate of drug-likeness (QED) is 0.709. The van der Waals surface area contributed by atoms with Crippen molar-refractivity contribution in [3.63, 3.8) is 0 Å². The molecule has 0 aliphatic carbocycles. The minimum atomic E-state index is 0.190. The lowest BCUT2D eigenvalue weighted by Crippen LogP contribution is -2.45. The maximum Gasteiger partial charge on any atom is 0.219 e. The Hall–Kier alpha value is -0.570. The van der Waals surface area contributed by atoms with Crippen molar-refractivity contribution in [1.29, 1.82) is 0 Å². The van der Waals surface area contributed by atoms with E-state index < -0.39 is 0 Å². The molecule has 1 amide bonds. The zero-order valence-corrected chi connectivity index (χ0v) is 8.68. The molecule has 0 aromatic carbocycles. The molecule has 1 aliphatic rings. The van der Waals surface area contributed by atoms with Gasteiger partial charge in [0.2, 0.25) is 5.91 Å². The van der Waals surface area contributed by atoms with E-state index in [0.29, 0.717) is 6.04 Å². The first-order chi connectivity index (χ1) is 6.24. The first-order valence-corrected chi connectivity index (χ1v) is 5.23. The Bertz CT molecular complexity index is 164. The molecular formula is C10H20N2O. The number of nitrogens with one attached hydrogen (secondary N) is 1. The van der Waals surface area contributed by atoms with E-state index in [1.165, 1.54) is 19.3 Å². The predicted octanol–water partition coefficient (Wildman–Crippen LogP) is 0.997. The van der Waals surface area contributed by atoms with E-state index in [1.807, 2.05) is 11.8 Å². The van der Waals surface area contributed by atoms with E-state index in [2.05, 4.69) is 5.32 Å². The van der Waals surface area contributed by atoms with E-state index in [9.17, 15) is 4.79 Å². The van der Waals surface area contributed by atoms with E-state index in [-0.39, 0.29) is 5.91 Å². The zero-order valence-electron chi connectivity index (χ0n) is 8.68. The van der Waals surface area contributed by atoms with Gasteiger partial charge in [0.15, 0.2) is 0 Å². The summed E-state index contributed by atoms with van der Waals surface area (Å²) in [7, 11) is 0. The number of hydrogen-bond donors (Lipinski definition) is 1. The van der Waals surface area contributed by atoms with Crippen LogP contribution < -0.4 is 5.32 Å². The number of piperidine rings is 1. The van der Waals surface area contributed by atoms with Crippen molar-refractivity contribution in [2.45, 2.75) is 39.2 Å². The minimum absolute atomic E-state index is 0.190. The Balaban J connectivity index is 2.31. The summed E-state index contributed by atoms with van der Waals surface area (Å²) in [6, 6.07) is 0.526.